The summed E-state index contributed by atoms with van der Waals surface area (Å²) in [5.74, 6) is 1.53. The highest BCUT2D eigenvalue weighted by atomic mass is 32.1. The molecule has 0 radical (unpaired) electrons. The minimum atomic E-state index is -0.322. The molecule has 1 aliphatic carbocycles. The maximum absolute atomic E-state index is 6.05. The highest BCUT2D eigenvalue weighted by Crippen LogP contribution is 2.35. The fraction of sp³-hybridized carbons (Fsp3) is 0.750. The first-order valence-electron chi connectivity index (χ1n) is 7.91. The molecular weight excluding hydrogens is 268 g/mol. The quantitative estimate of drug-likeness (QED) is 0.762. The summed E-state index contributed by atoms with van der Waals surface area (Å²) in [4.78, 5) is 8.12. The number of H-pyrrole nitrogens is 1. The molecule has 20 heavy (non-hydrogen) atoms. The number of hydrogen-bond acceptors (Lipinski definition) is 3. The smallest absolute Gasteiger partial charge is 0.140 e. The van der Waals surface area contributed by atoms with Gasteiger partial charge < -0.3 is 9.72 Å². The predicted octanol–water partition coefficient (Wildman–Crippen LogP) is 4.85. The van der Waals surface area contributed by atoms with Crippen molar-refractivity contribution in [3.63, 3.8) is 0 Å². The molecule has 1 aliphatic rings. The van der Waals surface area contributed by atoms with Crippen LogP contribution in [-0.4, -0.2) is 16.6 Å². The average Bonchev–Trinajstić information content (AvgIpc) is 2.98. The van der Waals surface area contributed by atoms with Gasteiger partial charge in [-0.3, -0.25) is 0 Å². The number of hydrogen-bond donors (Lipinski definition) is 1. The normalized spacial score (nSPS) is 16.8. The molecule has 2 rings (SSSR count). The van der Waals surface area contributed by atoms with Crippen LogP contribution >= 0.6 is 12.2 Å². The van der Waals surface area contributed by atoms with Gasteiger partial charge >= 0.3 is 0 Å². The number of aromatic nitrogens is 2. The van der Waals surface area contributed by atoms with Crippen molar-refractivity contribution in [3.05, 3.63) is 22.2 Å². The third kappa shape index (κ3) is 3.12. The number of aromatic amines is 1. The van der Waals surface area contributed by atoms with Crippen LogP contribution in [0.3, 0.4) is 0 Å². The van der Waals surface area contributed by atoms with Crippen LogP contribution in [0.4, 0.5) is 0 Å². The first-order chi connectivity index (χ1) is 9.65. The number of ether oxygens (including phenoxy) is 1. The Hall–Kier alpha value is -0.740. The van der Waals surface area contributed by atoms with Crippen molar-refractivity contribution in [2.75, 3.05) is 6.61 Å². The lowest BCUT2D eigenvalue weighted by molar-refractivity contribution is -0.0574. The van der Waals surface area contributed by atoms with Crippen molar-refractivity contribution in [1.82, 2.24) is 9.97 Å². The molecule has 0 bridgehead atoms. The van der Waals surface area contributed by atoms with E-state index in [1.807, 2.05) is 13.0 Å². The summed E-state index contributed by atoms with van der Waals surface area (Å²) in [5, 5.41) is 0. The van der Waals surface area contributed by atoms with Gasteiger partial charge in [0.05, 0.1) is 0 Å². The van der Waals surface area contributed by atoms with Crippen molar-refractivity contribution in [3.8, 4) is 0 Å². The van der Waals surface area contributed by atoms with Gasteiger partial charge in [-0.05, 0) is 44.6 Å². The molecule has 1 aromatic rings. The van der Waals surface area contributed by atoms with Gasteiger partial charge in [-0.25, -0.2) is 4.98 Å². The Balaban J connectivity index is 2.41. The Bertz CT molecular complexity index is 487. The Morgan fingerprint density at radius 2 is 1.95 bits per heavy atom. The molecule has 0 saturated heterocycles. The SMILES string of the molecule is CCOC(CC)(CC)c1nc(=S)cc(C2CCCC2)[nH]1. The van der Waals surface area contributed by atoms with Gasteiger partial charge in [0, 0.05) is 12.3 Å². The zero-order valence-corrected chi connectivity index (χ0v) is 13.7. The Morgan fingerprint density at radius 1 is 1.30 bits per heavy atom. The standard InChI is InChI=1S/C16H26N2OS/c1-4-16(5-2,19-6-3)15-17-13(11-14(20)18-15)12-9-7-8-10-12/h11-12H,4-10H2,1-3H3,(H,17,18,20). The van der Waals surface area contributed by atoms with E-state index in [1.54, 1.807) is 0 Å². The zero-order valence-electron chi connectivity index (χ0n) is 12.9. The highest BCUT2D eigenvalue weighted by molar-refractivity contribution is 7.71. The fourth-order valence-corrected chi connectivity index (χ4v) is 3.50. The van der Waals surface area contributed by atoms with E-state index >= 15 is 0 Å². The summed E-state index contributed by atoms with van der Waals surface area (Å²) in [7, 11) is 0. The van der Waals surface area contributed by atoms with E-state index < -0.39 is 0 Å². The van der Waals surface area contributed by atoms with Gasteiger partial charge in [-0.1, -0.05) is 38.9 Å². The number of nitrogens with one attached hydrogen (secondary N) is 1. The third-order valence-electron chi connectivity index (χ3n) is 4.55. The van der Waals surface area contributed by atoms with Crippen LogP contribution in [0.25, 0.3) is 0 Å². The van der Waals surface area contributed by atoms with Crippen molar-refractivity contribution in [1.29, 1.82) is 0 Å². The second-order valence-corrected chi connectivity index (χ2v) is 6.06. The van der Waals surface area contributed by atoms with Crippen LogP contribution in [-0.2, 0) is 10.3 Å². The molecule has 3 nitrogen and oxygen atoms in total. The van der Waals surface area contributed by atoms with E-state index in [2.05, 4.69) is 23.8 Å². The molecule has 0 aliphatic heterocycles. The van der Waals surface area contributed by atoms with E-state index in [1.165, 1.54) is 31.4 Å². The third-order valence-corrected chi connectivity index (χ3v) is 4.76. The lowest BCUT2D eigenvalue weighted by atomic mass is 9.95. The van der Waals surface area contributed by atoms with E-state index in [0.29, 0.717) is 17.2 Å². The van der Waals surface area contributed by atoms with E-state index in [4.69, 9.17) is 17.0 Å². The first-order valence-corrected chi connectivity index (χ1v) is 8.31. The van der Waals surface area contributed by atoms with E-state index in [9.17, 15) is 0 Å². The minimum absolute atomic E-state index is 0.322. The number of nitrogens with zero attached hydrogens (tertiary/aromatic N) is 1. The maximum atomic E-state index is 6.05. The van der Waals surface area contributed by atoms with Gasteiger partial charge in [0.15, 0.2) is 0 Å². The summed E-state index contributed by atoms with van der Waals surface area (Å²) in [5.41, 5.74) is 0.931. The Morgan fingerprint density at radius 3 is 2.50 bits per heavy atom. The molecular formula is C16H26N2OS. The largest absolute Gasteiger partial charge is 0.367 e. The molecule has 4 heteroatoms. The van der Waals surface area contributed by atoms with Crippen molar-refractivity contribution >= 4 is 12.2 Å². The first kappa shape index (κ1) is 15.6. The molecule has 1 heterocycles. The van der Waals surface area contributed by atoms with Gasteiger partial charge in [0.2, 0.25) is 0 Å². The van der Waals surface area contributed by atoms with Crippen molar-refractivity contribution in [2.45, 2.75) is 70.8 Å². The van der Waals surface area contributed by atoms with Crippen LogP contribution in [0.1, 0.15) is 76.7 Å². The van der Waals surface area contributed by atoms with Crippen LogP contribution < -0.4 is 0 Å². The summed E-state index contributed by atoms with van der Waals surface area (Å²) in [6.07, 6.45) is 6.97. The van der Waals surface area contributed by atoms with E-state index in [0.717, 1.165) is 18.7 Å². The van der Waals surface area contributed by atoms with Crippen LogP contribution in [0.5, 0.6) is 0 Å². The number of rotatable bonds is 6. The maximum Gasteiger partial charge on any atom is 0.140 e. The molecule has 1 saturated carbocycles. The van der Waals surface area contributed by atoms with Gasteiger partial charge in [0.1, 0.15) is 16.1 Å². The fourth-order valence-electron chi connectivity index (χ4n) is 3.28. The summed E-state index contributed by atoms with van der Waals surface area (Å²) in [6.45, 7) is 7.03. The van der Waals surface area contributed by atoms with Crippen molar-refractivity contribution in [2.24, 2.45) is 0 Å². The summed E-state index contributed by atoms with van der Waals surface area (Å²) < 4.78 is 6.73. The second kappa shape index (κ2) is 6.81. The zero-order chi connectivity index (χ0) is 14.6. The molecule has 0 aromatic carbocycles. The van der Waals surface area contributed by atoms with Crippen molar-refractivity contribution < 1.29 is 4.74 Å². The summed E-state index contributed by atoms with van der Waals surface area (Å²) in [6, 6.07) is 2.04. The topological polar surface area (TPSA) is 37.9 Å². The molecule has 0 unspecified atom stereocenters. The van der Waals surface area contributed by atoms with E-state index in [-0.39, 0.29) is 5.60 Å². The molecule has 0 spiro atoms. The predicted molar refractivity (Wildman–Crippen MR) is 84.5 cm³/mol. The van der Waals surface area contributed by atoms with Gasteiger partial charge in [0.25, 0.3) is 0 Å². The highest BCUT2D eigenvalue weighted by Gasteiger charge is 2.32. The molecule has 112 valence electrons. The molecule has 1 fully saturated rings. The Labute approximate surface area is 127 Å². The minimum Gasteiger partial charge on any atom is -0.367 e. The monoisotopic (exact) mass is 294 g/mol. The Kier molecular flexibility index (Phi) is 5.33. The van der Waals surface area contributed by atoms with Crippen LogP contribution in [0.2, 0.25) is 0 Å². The lowest BCUT2D eigenvalue weighted by Gasteiger charge is -2.31. The molecule has 0 amide bonds. The summed E-state index contributed by atoms with van der Waals surface area (Å²) >= 11 is 5.38. The van der Waals surface area contributed by atoms with Crippen LogP contribution in [0.15, 0.2) is 6.07 Å². The molecule has 0 atom stereocenters. The van der Waals surface area contributed by atoms with Crippen LogP contribution in [0, 0.1) is 4.64 Å². The average molecular weight is 294 g/mol. The molecule has 1 aromatic heterocycles. The second-order valence-electron chi connectivity index (χ2n) is 5.64. The lowest BCUT2D eigenvalue weighted by Crippen LogP contribution is -2.31. The van der Waals surface area contributed by atoms with Gasteiger partial charge in [-0.15, -0.1) is 0 Å². The van der Waals surface area contributed by atoms with Gasteiger partial charge in [-0.2, -0.15) is 0 Å². The molecule has 1 N–H and O–H groups in total.